The van der Waals surface area contributed by atoms with Crippen molar-refractivity contribution in [3.05, 3.63) is 237 Å². The van der Waals surface area contributed by atoms with Gasteiger partial charge in [-0.2, -0.15) is 0 Å². The van der Waals surface area contributed by atoms with Gasteiger partial charge in [-0.05, 0) is 105 Å². The zero-order valence-electron chi connectivity index (χ0n) is 33.3. The van der Waals surface area contributed by atoms with Gasteiger partial charge in [0.25, 0.3) is 0 Å². The molecule has 11 aromatic rings. The van der Waals surface area contributed by atoms with E-state index in [0.29, 0.717) is 0 Å². The Morgan fingerprint density at radius 3 is 1.46 bits per heavy atom. The molecule has 0 bridgehead atoms. The van der Waals surface area contributed by atoms with Crippen molar-refractivity contribution in [2.75, 3.05) is 4.90 Å². The van der Waals surface area contributed by atoms with Crippen molar-refractivity contribution >= 4 is 49.8 Å². The number of ether oxygens (including phenoxy) is 1. The van der Waals surface area contributed by atoms with E-state index in [0.717, 1.165) is 94.7 Å². The zero-order valence-corrected chi connectivity index (χ0v) is 33.3. The Kier molecular flexibility index (Phi) is 9.18. The summed E-state index contributed by atoms with van der Waals surface area (Å²) in [4.78, 5) is 2.33. The van der Waals surface area contributed by atoms with E-state index in [1.165, 1.54) is 11.1 Å². The predicted molar refractivity (Wildman–Crippen MR) is 254 cm³/mol. The molecule has 0 saturated carbocycles. The van der Waals surface area contributed by atoms with Crippen molar-refractivity contribution in [2.24, 2.45) is 0 Å². The number of fused-ring (bicyclic) bond motifs is 4. The molecule has 0 amide bonds. The molecule has 1 aromatic heterocycles. The first kappa shape index (κ1) is 36.0. The summed E-state index contributed by atoms with van der Waals surface area (Å²) >= 11 is 0. The fourth-order valence-electron chi connectivity index (χ4n) is 8.62. The Hall–Kier alpha value is -8.14. The minimum Gasteiger partial charge on any atom is -0.457 e. The van der Waals surface area contributed by atoms with Crippen molar-refractivity contribution in [3.63, 3.8) is 0 Å². The Bertz CT molecular complexity index is 3280. The molecular weight excluding hydrogens is 743 g/mol. The summed E-state index contributed by atoms with van der Waals surface area (Å²) in [5.74, 6) is 1.63. The third-order valence-electron chi connectivity index (χ3n) is 11.6. The molecule has 3 heteroatoms. The van der Waals surface area contributed by atoms with Gasteiger partial charge in [0.2, 0.25) is 0 Å². The fraction of sp³-hybridized carbons (Fsp3) is 0. The second-order valence-corrected chi connectivity index (χ2v) is 15.2. The average Bonchev–Trinajstić information content (AvgIpc) is 3.72. The molecular formula is C58H39NO2. The lowest BCUT2D eigenvalue weighted by Crippen LogP contribution is -2.09. The first-order valence-corrected chi connectivity index (χ1v) is 20.7. The minimum absolute atomic E-state index is 0.806. The quantitative estimate of drug-likeness (QED) is 0.146. The van der Waals surface area contributed by atoms with Gasteiger partial charge in [0, 0.05) is 38.8 Å². The second kappa shape index (κ2) is 15.6. The van der Waals surface area contributed by atoms with Crippen LogP contribution in [0.4, 0.5) is 17.1 Å². The summed E-state index contributed by atoms with van der Waals surface area (Å²) in [5.41, 5.74) is 14.0. The molecule has 0 saturated heterocycles. The first-order valence-electron chi connectivity index (χ1n) is 20.7. The predicted octanol–water partition coefficient (Wildman–Crippen LogP) is 16.7. The monoisotopic (exact) mass is 781 g/mol. The molecule has 10 aromatic carbocycles. The summed E-state index contributed by atoms with van der Waals surface area (Å²) < 4.78 is 13.0. The number of benzene rings is 10. The Labute approximate surface area is 355 Å². The van der Waals surface area contributed by atoms with Crippen LogP contribution in [0.3, 0.4) is 0 Å². The van der Waals surface area contributed by atoms with E-state index in [4.69, 9.17) is 9.15 Å². The average molecular weight is 782 g/mol. The number of anilines is 3. The summed E-state index contributed by atoms with van der Waals surface area (Å²) in [7, 11) is 0. The van der Waals surface area contributed by atoms with Crippen LogP contribution in [0.5, 0.6) is 11.5 Å². The van der Waals surface area contributed by atoms with E-state index in [2.05, 4.69) is 199 Å². The standard InChI is InChI=1S/C58H39NO2/c1-4-15-40(16-5-1)41-27-33-45(34-28-41)59(46-35-29-43(30-36-46)49-24-14-25-53-51-22-12-13-26-55(51)61-58(49)53)47-37-31-44(32-38-47)57-52-23-11-10-21-50(52)56(60-48-19-8-3-9-20-48)39-54(57)42-17-6-2-7-18-42/h1-39H. The molecule has 0 aliphatic carbocycles. The van der Waals surface area contributed by atoms with Gasteiger partial charge in [0.1, 0.15) is 22.7 Å². The van der Waals surface area contributed by atoms with Gasteiger partial charge in [-0.25, -0.2) is 0 Å². The van der Waals surface area contributed by atoms with E-state index in [-0.39, 0.29) is 0 Å². The summed E-state index contributed by atoms with van der Waals surface area (Å²) in [5, 5.41) is 4.44. The maximum atomic E-state index is 6.59. The van der Waals surface area contributed by atoms with Crippen LogP contribution in [-0.2, 0) is 0 Å². The van der Waals surface area contributed by atoms with Gasteiger partial charge in [-0.1, -0.05) is 176 Å². The highest BCUT2D eigenvalue weighted by atomic mass is 16.5. The summed E-state index contributed by atoms with van der Waals surface area (Å²) in [6.07, 6.45) is 0. The van der Waals surface area contributed by atoms with E-state index in [1.54, 1.807) is 0 Å². The minimum atomic E-state index is 0.806. The molecule has 0 atom stereocenters. The normalized spacial score (nSPS) is 11.3. The molecule has 0 unspecified atom stereocenters. The van der Waals surface area contributed by atoms with Gasteiger partial charge in [-0.15, -0.1) is 0 Å². The van der Waals surface area contributed by atoms with Crippen LogP contribution in [-0.4, -0.2) is 0 Å². The van der Waals surface area contributed by atoms with Gasteiger partial charge >= 0.3 is 0 Å². The lowest BCUT2D eigenvalue weighted by Gasteiger charge is -2.26. The molecule has 61 heavy (non-hydrogen) atoms. The second-order valence-electron chi connectivity index (χ2n) is 15.2. The van der Waals surface area contributed by atoms with Crippen LogP contribution in [0.1, 0.15) is 0 Å². The van der Waals surface area contributed by atoms with Crippen molar-refractivity contribution < 1.29 is 9.15 Å². The topological polar surface area (TPSA) is 25.6 Å². The lowest BCUT2D eigenvalue weighted by molar-refractivity contribution is 0.488. The Morgan fingerprint density at radius 1 is 0.328 bits per heavy atom. The lowest BCUT2D eigenvalue weighted by atomic mass is 9.89. The number of nitrogens with zero attached hydrogens (tertiary/aromatic N) is 1. The summed E-state index contributed by atoms with van der Waals surface area (Å²) in [6.45, 7) is 0. The number of hydrogen-bond donors (Lipinski definition) is 0. The van der Waals surface area contributed by atoms with Crippen molar-refractivity contribution in [3.8, 4) is 56.0 Å². The van der Waals surface area contributed by atoms with Gasteiger partial charge in [-0.3, -0.25) is 0 Å². The number of rotatable bonds is 9. The fourth-order valence-corrected chi connectivity index (χ4v) is 8.62. The molecule has 288 valence electrons. The third kappa shape index (κ3) is 6.78. The Morgan fingerprint density at radius 2 is 0.803 bits per heavy atom. The van der Waals surface area contributed by atoms with E-state index < -0.39 is 0 Å². The molecule has 11 rings (SSSR count). The highest BCUT2D eigenvalue weighted by Crippen LogP contribution is 2.45. The molecule has 0 aliphatic heterocycles. The van der Waals surface area contributed by atoms with E-state index in [9.17, 15) is 0 Å². The molecule has 0 aliphatic rings. The van der Waals surface area contributed by atoms with Gasteiger partial charge < -0.3 is 14.1 Å². The third-order valence-corrected chi connectivity index (χ3v) is 11.6. The number of furan rings is 1. The van der Waals surface area contributed by atoms with Crippen LogP contribution < -0.4 is 9.64 Å². The van der Waals surface area contributed by atoms with E-state index in [1.807, 2.05) is 42.5 Å². The van der Waals surface area contributed by atoms with Crippen LogP contribution in [0.15, 0.2) is 241 Å². The number of para-hydroxylation sites is 3. The molecule has 3 nitrogen and oxygen atoms in total. The summed E-state index contributed by atoms with van der Waals surface area (Å²) in [6, 6.07) is 83.2. The van der Waals surface area contributed by atoms with Crippen LogP contribution in [0, 0.1) is 0 Å². The molecule has 0 radical (unpaired) electrons. The molecule has 0 N–H and O–H groups in total. The highest BCUT2D eigenvalue weighted by Gasteiger charge is 2.19. The van der Waals surface area contributed by atoms with Crippen LogP contribution in [0.25, 0.3) is 77.2 Å². The molecule has 0 spiro atoms. The molecule has 1 heterocycles. The maximum absolute atomic E-state index is 6.59. The van der Waals surface area contributed by atoms with Gasteiger partial charge in [0.05, 0.1) is 0 Å². The first-order chi connectivity index (χ1) is 30.2. The van der Waals surface area contributed by atoms with Crippen LogP contribution in [0.2, 0.25) is 0 Å². The smallest absolute Gasteiger partial charge is 0.143 e. The van der Waals surface area contributed by atoms with Crippen molar-refractivity contribution in [1.82, 2.24) is 0 Å². The van der Waals surface area contributed by atoms with E-state index >= 15 is 0 Å². The number of hydrogen-bond acceptors (Lipinski definition) is 3. The van der Waals surface area contributed by atoms with Crippen molar-refractivity contribution in [2.45, 2.75) is 0 Å². The van der Waals surface area contributed by atoms with Crippen molar-refractivity contribution in [1.29, 1.82) is 0 Å². The molecule has 0 fully saturated rings. The largest absolute Gasteiger partial charge is 0.457 e. The zero-order chi connectivity index (χ0) is 40.5. The highest BCUT2D eigenvalue weighted by molar-refractivity contribution is 6.10. The van der Waals surface area contributed by atoms with Crippen LogP contribution >= 0.6 is 0 Å². The maximum Gasteiger partial charge on any atom is 0.143 e. The SMILES string of the molecule is c1ccc(Oc2cc(-c3ccccc3)c(-c3ccc(N(c4ccc(-c5ccccc5)cc4)c4ccc(-c5cccc6c5oc5ccccc56)cc4)cc3)c3ccccc23)cc1. The Balaban J connectivity index is 1.02. The van der Waals surface area contributed by atoms with Gasteiger partial charge in [0.15, 0.2) is 0 Å².